The number of carboxylic acids is 1. The summed E-state index contributed by atoms with van der Waals surface area (Å²) in [7, 11) is 0. The van der Waals surface area contributed by atoms with Crippen LogP contribution in [0, 0.1) is 19.3 Å². The minimum absolute atomic E-state index is 0.462. The highest BCUT2D eigenvalue weighted by atomic mass is 16.4. The van der Waals surface area contributed by atoms with Crippen LogP contribution in [0.25, 0.3) is 0 Å². The summed E-state index contributed by atoms with van der Waals surface area (Å²) >= 11 is 0. The quantitative estimate of drug-likeness (QED) is 0.856. The summed E-state index contributed by atoms with van der Waals surface area (Å²) in [6.07, 6.45) is 0. The van der Waals surface area contributed by atoms with E-state index in [2.05, 4.69) is 4.57 Å². The first-order valence-corrected chi connectivity index (χ1v) is 5.51. The molecule has 16 heavy (non-hydrogen) atoms. The van der Waals surface area contributed by atoms with Crippen molar-refractivity contribution in [3.8, 4) is 0 Å². The molecule has 0 atom stereocenters. The number of hydrogen-bond acceptors (Lipinski definition) is 1. The molecule has 90 valence electrons. The fraction of sp³-hybridized carbons (Fsp3) is 0.615. The average Bonchev–Trinajstić information content (AvgIpc) is 2.45. The third kappa shape index (κ3) is 1.64. The summed E-state index contributed by atoms with van der Waals surface area (Å²) in [5.74, 6) is -0.773. The van der Waals surface area contributed by atoms with Crippen LogP contribution in [0.2, 0.25) is 0 Å². The molecule has 0 amide bonds. The van der Waals surface area contributed by atoms with Gasteiger partial charge in [-0.3, -0.25) is 4.79 Å². The Balaban J connectivity index is 3.37. The van der Waals surface area contributed by atoms with E-state index >= 15 is 0 Å². The lowest BCUT2D eigenvalue weighted by atomic mass is 9.74. The van der Waals surface area contributed by atoms with Gasteiger partial charge in [-0.2, -0.15) is 0 Å². The molecule has 3 nitrogen and oxygen atoms in total. The molecule has 0 fully saturated rings. The first-order chi connectivity index (χ1) is 7.12. The van der Waals surface area contributed by atoms with Crippen LogP contribution in [-0.4, -0.2) is 15.6 Å². The Labute approximate surface area is 97.1 Å². The van der Waals surface area contributed by atoms with Gasteiger partial charge in [0.15, 0.2) is 0 Å². The molecule has 0 saturated carbocycles. The Morgan fingerprint density at radius 3 is 1.81 bits per heavy atom. The molecular formula is C13H21NO2. The fourth-order valence-corrected chi connectivity index (χ4v) is 2.09. The number of rotatable bonds is 3. The van der Waals surface area contributed by atoms with Crippen LogP contribution in [0.1, 0.15) is 39.1 Å². The van der Waals surface area contributed by atoms with Crippen molar-refractivity contribution in [3.63, 3.8) is 0 Å². The summed E-state index contributed by atoms with van der Waals surface area (Å²) in [5, 5.41) is 9.34. The highest BCUT2D eigenvalue weighted by Crippen LogP contribution is 2.39. The number of aryl methyl sites for hydroxylation is 2. The van der Waals surface area contributed by atoms with E-state index in [9.17, 15) is 9.90 Å². The van der Waals surface area contributed by atoms with Gasteiger partial charge in [-0.05, 0) is 53.7 Å². The smallest absolute Gasteiger partial charge is 0.311 e. The van der Waals surface area contributed by atoms with Gasteiger partial charge in [0.05, 0.1) is 11.0 Å². The van der Waals surface area contributed by atoms with Gasteiger partial charge in [-0.1, -0.05) is 0 Å². The zero-order valence-corrected chi connectivity index (χ0v) is 11.0. The molecule has 0 aliphatic carbocycles. The molecular weight excluding hydrogens is 202 g/mol. The van der Waals surface area contributed by atoms with Crippen LogP contribution in [0.15, 0.2) is 12.1 Å². The second-order valence-corrected chi connectivity index (χ2v) is 5.44. The Hall–Kier alpha value is -1.25. The SMILES string of the molecule is Cc1ccc(C)n1C(C)(C)C(C)(C)C(=O)O. The monoisotopic (exact) mass is 223 g/mol. The maximum atomic E-state index is 11.4. The van der Waals surface area contributed by atoms with Gasteiger partial charge in [-0.15, -0.1) is 0 Å². The summed E-state index contributed by atoms with van der Waals surface area (Å²) in [6, 6.07) is 4.05. The molecule has 0 aliphatic heterocycles. The molecule has 0 saturated heterocycles. The van der Waals surface area contributed by atoms with Gasteiger partial charge in [0, 0.05) is 11.4 Å². The zero-order valence-electron chi connectivity index (χ0n) is 11.0. The molecule has 1 N–H and O–H groups in total. The molecule has 1 rings (SSSR count). The van der Waals surface area contributed by atoms with E-state index in [-0.39, 0.29) is 0 Å². The van der Waals surface area contributed by atoms with E-state index in [4.69, 9.17) is 0 Å². The van der Waals surface area contributed by atoms with E-state index in [1.54, 1.807) is 13.8 Å². The topological polar surface area (TPSA) is 42.2 Å². The molecule has 1 heterocycles. The fourth-order valence-electron chi connectivity index (χ4n) is 2.09. The van der Waals surface area contributed by atoms with Gasteiger partial charge in [0.25, 0.3) is 0 Å². The molecule has 1 aromatic heterocycles. The van der Waals surface area contributed by atoms with Gasteiger partial charge in [0.2, 0.25) is 0 Å². The molecule has 0 unspecified atom stereocenters. The minimum Gasteiger partial charge on any atom is -0.481 e. The summed E-state index contributed by atoms with van der Waals surface area (Å²) in [4.78, 5) is 11.4. The van der Waals surface area contributed by atoms with Crippen LogP contribution in [0.4, 0.5) is 0 Å². The maximum absolute atomic E-state index is 11.4. The summed E-state index contributed by atoms with van der Waals surface area (Å²) < 4.78 is 2.10. The highest BCUT2D eigenvalue weighted by Gasteiger charge is 2.45. The number of hydrogen-bond donors (Lipinski definition) is 1. The van der Waals surface area contributed by atoms with Crippen molar-refractivity contribution in [3.05, 3.63) is 23.5 Å². The van der Waals surface area contributed by atoms with Crippen LogP contribution in [-0.2, 0) is 10.3 Å². The van der Waals surface area contributed by atoms with Crippen LogP contribution >= 0.6 is 0 Å². The number of aliphatic carboxylic acids is 1. The predicted octanol–water partition coefficient (Wildman–Crippen LogP) is 2.95. The third-order valence-electron chi connectivity index (χ3n) is 3.89. The molecule has 0 aromatic carbocycles. The number of nitrogens with zero attached hydrogens (tertiary/aromatic N) is 1. The first kappa shape index (κ1) is 12.8. The molecule has 0 aliphatic rings. The van der Waals surface area contributed by atoms with Crippen molar-refractivity contribution in [2.24, 2.45) is 5.41 Å². The predicted molar refractivity (Wildman–Crippen MR) is 64.6 cm³/mol. The first-order valence-electron chi connectivity index (χ1n) is 5.51. The highest BCUT2D eigenvalue weighted by molar-refractivity contribution is 5.75. The van der Waals surface area contributed by atoms with Crippen molar-refractivity contribution in [1.29, 1.82) is 0 Å². The van der Waals surface area contributed by atoms with Crippen LogP contribution < -0.4 is 0 Å². The van der Waals surface area contributed by atoms with Crippen molar-refractivity contribution >= 4 is 5.97 Å². The van der Waals surface area contributed by atoms with Crippen molar-refractivity contribution in [1.82, 2.24) is 4.57 Å². The zero-order chi connectivity index (χ0) is 12.7. The molecule has 0 spiro atoms. The summed E-state index contributed by atoms with van der Waals surface area (Å²) in [6.45, 7) is 11.5. The van der Waals surface area contributed by atoms with Gasteiger partial charge in [0.1, 0.15) is 0 Å². The minimum atomic E-state index is -0.818. The number of carboxylic acid groups (broad SMARTS) is 1. The Morgan fingerprint density at radius 2 is 1.50 bits per heavy atom. The largest absolute Gasteiger partial charge is 0.481 e. The van der Waals surface area contributed by atoms with Crippen LogP contribution in [0.3, 0.4) is 0 Å². The van der Waals surface area contributed by atoms with E-state index in [1.165, 1.54) is 0 Å². The maximum Gasteiger partial charge on any atom is 0.311 e. The van der Waals surface area contributed by atoms with E-state index in [0.29, 0.717) is 0 Å². The Morgan fingerprint density at radius 1 is 1.12 bits per heavy atom. The molecule has 0 radical (unpaired) electrons. The molecule has 0 bridgehead atoms. The summed E-state index contributed by atoms with van der Waals surface area (Å²) in [5.41, 5.74) is 0.909. The van der Waals surface area contributed by atoms with Crippen LogP contribution in [0.5, 0.6) is 0 Å². The Bertz CT molecular complexity index is 394. The lowest BCUT2D eigenvalue weighted by Crippen LogP contribution is -2.47. The normalized spacial score (nSPS) is 12.9. The lowest BCUT2D eigenvalue weighted by molar-refractivity contribution is -0.153. The second-order valence-electron chi connectivity index (χ2n) is 5.44. The molecule has 1 aromatic rings. The lowest BCUT2D eigenvalue weighted by Gasteiger charge is -2.41. The average molecular weight is 223 g/mol. The standard InChI is InChI=1S/C13H21NO2/c1-9-7-8-10(2)14(9)13(5,6)12(3,4)11(15)16/h7-8H,1-6H3,(H,15,16). The van der Waals surface area contributed by atoms with Gasteiger partial charge in [-0.25, -0.2) is 0 Å². The van der Waals surface area contributed by atoms with Crippen molar-refractivity contribution in [2.45, 2.75) is 47.1 Å². The number of aromatic nitrogens is 1. The van der Waals surface area contributed by atoms with E-state index in [0.717, 1.165) is 11.4 Å². The Kier molecular flexibility index (Phi) is 2.92. The second kappa shape index (κ2) is 3.65. The third-order valence-corrected chi connectivity index (χ3v) is 3.89. The number of carbonyl (C=O) groups is 1. The van der Waals surface area contributed by atoms with Gasteiger partial charge < -0.3 is 9.67 Å². The van der Waals surface area contributed by atoms with Crippen molar-refractivity contribution in [2.75, 3.05) is 0 Å². The van der Waals surface area contributed by atoms with E-state index in [1.807, 2.05) is 39.8 Å². The van der Waals surface area contributed by atoms with Crippen molar-refractivity contribution < 1.29 is 9.90 Å². The molecule has 3 heteroatoms. The van der Waals surface area contributed by atoms with Gasteiger partial charge >= 0.3 is 5.97 Å². The van der Waals surface area contributed by atoms with E-state index < -0.39 is 16.9 Å².